The van der Waals surface area contributed by atoms with Gasteiger partial charge in [-0.25, -0.2) is 0 Å². The van der Waals surface area contributed by atoms with Crippen molar-refractivity contribution in [3.8, 4) is 0 Å². The van der Waals surface area contributed by atoms with Gasteiger partial charge >= 0.3 is 0 Å². The molecule has 2 N–H and O–H groups in total. The Morgan fingerprint density at radius 3 is 2.28 bits per heavy atom. The smallest absolute Gasteiger partial charge is 0.269 e. The monoisotopic (exact) mass is 435 g/mol. The molecule has 2 aliphatic carbocycles. The zero-order valence-electron chi connectivity index (χ0n) is 18.0. The largest absolute Gasteiger partial charge is 0.375 e. The fourth-order valence-electron chi connectivity index (χ4n) is 5.79. The number of rotatable bonds is 7. The molecule has 0 bridgehead atoms. The molecule has 1 heterocycles. The maximum absolute atomic E-state index is 13.4. The Balaban J connectivity index is 1.20. The van der Waals surface area contributed by atoms with Gasteiger partial charge in [0.2, 0.25) is 0 Å². The molecule has 2 unspecified atom stereocenters. The highest BCUT2D eigenvalue weighted by molar-refractivity contribution is 5.87. The van der Waals surface area contributed by atoms with E-state index in [0.29, 0.717) is 17.4 Å². The van der Waals surface area contributed by atoms with E-state index in [4.69, 9.17) is 0 Å². The Kier molecular flexibility index (Phi) is 5.47. The first kappa shape index (κ1) is 21.1. The maximum Gasteiger partial charge on any atom is 0.269 e. The van der Waals surface area contributed by atoms with Crippen LogP contribution in [0.3, 0.4) is 0 Å². The van der Waals surface area contributed by atoms with Crippen LogP contribution < -0.4 is 5.32 Å². The Morgan fingerprint density at radius 2 is 1.69 bits per heavy atom. The van der Waals surface area contributed by atoms with Crippen molar-refractivity contribution in [3.63, 3.8) is 0 Å². The van der Waals surface area contributed by atoms with E-state index in [9.17, 15) is 20.0 Å². The number of benzene rings is 2. The topological polar surface area (TPSA) is 95.7 Å². The summed E-state index contributed by atoms with van der Waals surface area (Å²) in [6.45, 7) is 2.53. The third-order valence-corrected chi connectivity index (χ3v) is 7.63. The van der Waals surface area contributed by atoms with Gasteiger partial charge in [-0.05, 0) is 35.8 Å². The number of hydrogen-bond acceptors (Lipinski definition) is 5. The van der Waals surface area contributed by atoms with Crippen molar-refractivity contribution < 1.29 is 14.8 Å². The number of nitro groups is 1. The molecule has 7 heteroatoms. The number of nitrogens with zero attached hydrogens (tertiary/aromatic N) is 2. The van der Waals surface area contributed by atoms with Crippen LogP contribution in [0.5, 0.6) is 0 Å². The standard InChI is InChI=1S/C25H29N3O4/c29-24(25(30,19-8-4-5-9-19)18-6-2-1-3-7-18)26-23-21-15-27(16-22(21)23)14-17-10-12-20(13-11-17)28(31)32/h1-3,6-7,10-13,19,21-23,30H,4-5,8-9,14-16H2,(H,26,29)/t21-,22?,23+,25?/m0/s1. The first-order chi connectivity index (χ1) is 15.5. The van der Waals surface area contributed by atoms with E-state index in [1.807, 2.05) is 42.5 Å². The number of carbonyl (C=O) groups excluding carboxylic acids is 1. The van der Waals surface area contributed by atoms with Crippen LogP contribution >= 0.6 is 0 Å². The lowest BCUT2D eigenvalue weighted by molar-refractivity contribution is -0.384. The number of fused-ring (bicyclic) bond motifs is 1. The van der Waals surface area contributed by atoms with Crippen molar-refractivity contribution in [2.75, 3.05) is 13.1 Å². The van der Waals surface area contributed by atoms with Crippen molar-refractivity contribution >= 4 is 11.6 Å². The van der Waals surface area contributed by atoms with Crippen LogP contribution in [0.4, 0.5) is 5.69 Å². The number of nitrogens with one attached hydrogen (secondary N) is 1. The van der Waals surface area contributed by atoms with Gasteiger partial charge in [0.1, 0.15) is 0 Å². The SMILES string of the molecule is O=C(N[C@H]1C2CN(Cc3ccc([N+](=O)[O-])cc3)C[C@@H]21)C(O)(c1ccccc1)C1CCCC1. The number of amides is 1. The van der Waals surface area contributed by atoms with Crippen LogP contribution in [0.2, 0.25) is 0 Å². The molecule has 1 amide bonds. The Labute approximate surface area is 187 Å². The normalized spacial score (nSPS) is 27.0. The average molecular weight is 436 g/mol. The van der Waals surface area contributed by atoms with E-state index in [1.54, 1.807) is 12.1 Å². The van der Waals surface area contributed by atoms with Gasteiger partial charge in [-0.2, -0.15) is 0 Å². The van der Waals surface area contributed by atoms with Crippen LogP contribution in [-0.4, -0.2) is 40.0 Å². The number of nitro benzene ring substituents is 1. The van der Waals surface area contributed by atoms with Crippen molar-refractivity contribution in [1.29, 1.82) is 0 Å². The molecule has 4 atom stereocenters. The predicted molar refractivity (Wildman–Crippen MR) is 120 cm³/mol. The molecular formula is C25H29N3O4. The second-order valence-corrected chi connectivity index (χ2v) is 9.56. The lowest BCUT2D eigenvalue weighted by Crippen LogP contribution is -2.50. The van der Waals surface area contributed by atoms with E-state index in [2.05, 4.69) is 10.2 Å². The van der Waals surface area contributed by atoms with E-state index >= 15 is 0 Å². The number of hydrogen-bond donors (Lipinski definition) is 2. The predicted octanol–water partition coefficient (Wildman–Crippen LogP) is 3.22. The van der Waals surface area contributed by atoms with Crippen molar-refractivity contribution in [1.82, 2.24) is 10.2 Å². The number of piperidine rings is 1. The molecule has 2 aromatic carbocycles. The number of non-ortho nitro benzene ring substituents is 1. The third-order valence-electron chi connectivity index (χ3n) is 7.63. The Bertz CT molecular complexity index is 978. The fraction of sp³-hybridized carbons (Fsp3) is 0.480. The van der Waals surface area contributed by atoms with Crippen molar-refractivity contribution in [2.24, 2.45) is 17.8 Å². The summed E-state index contributed by atoms with van der Waals surface area (Å²) in [5.41, 5.74) is 0.383. The van der Waals surface area contributed by atoms with Crippen LogP contribution in [0, 0.1) is 27.9 Å². The van der Waals surface area contributed by atoms with Crippen molar-refractivity contribution in [2.45, 2.75) is 43.9 Å². The first-order valence-electron chi connectivity index (χ1n) is 11.5. The third kappa shape index (κ3) is 3.80. The van der Waals surface area contributed by atoms with E-state index in [-0.39, 0.29) is 28.5 Å². The molecule has 7 nitrogen and oxygen atoms in total. The molecule has 1 saturated heterocycles. The summed E-state index contributed by atoms with van der Waals surface area (Å²) in [5, 5.41) is 25.6. The summed E-state index contributed by atoms with van der Waals surface area (Å²) in [6, 6.07) is 16.2. The van der Waals surface area contributed by atoms with Crippen molar-refractivity contribution in [3.05, 3.63) is 75.8 Å². The van der Waals surface area contributed by atoms with E-state index in [1.165, 1.54) is 0 Å². The quantitative estimate of drug-likeness (QED) is 0.514. The van der Waals surface area contributed by atoms with Crippen LogP contribution in [0.15, 0.2) is 54.6 Å². The minimum absolute atomic E-state index is 0.0397. The van der Waals surface area contributed by atoms with E-state index < -0.39 is 5.60 Å². The van der Waals surface area contributed by atoms with Gasteiger partial charge in [0.15, 0.2) is 5.60 Å². The molecule has 0 spiro atoms. The maximum atomic E-state index is 13.4. The highest BCUT2D eigenvalue weighted by Gasteiger charge is 2.58. The van der Waals surface area contributed by atoms with Gasteiger partial charge in [-0.3, -0.25) is 19.8 Å². The summed E-state index contributed by atoms with van der Waals surface area (Å²) in [6.07, 6.45) is 3.86. The lowest BCUT2D eigenvalue weighted by atomic mass is 9.79. The second-order valence-electron chi connectivity index (χ2n) is 9.56. The lowest BCUT2D eigenvalue weighted by Gasteiger charge is -2.33. The molecule has 5 rings (SSSR count). The summed E-state index contributed by atoms with van der Waals surface area (Å²) in [5.74, 6) is 0.514. The van der Waals surface area contributed by atoms with E-state index in [0.717, 1.165) is 50.9 Å². The van der Waals surface area contributed by atoms with Gasteiger partial charge in [0.05, 0.1) is 4.92 Å². The Morgan fingerprint density at radius 1 is 1.06 bits per heavy atom. The van der Waals surface area contributed by atoms with Gasteiger partial charge in [0.25, 0.3) is 11.6 Å². The number of likely N-dealkylation sites (tertiary alicyclic amines) is 1. The van der Waals surface area contributed by atoms with Crippen LogP contribution in [0.25, 0.3) is 0 Å². The van der Waals surface area contributed by atoms with Crippen LogP contribution in [0.1, 0.15) is 36.8 Å². The molecule has 2 saturated carbocycles. The van der Waals surface area contributed by atoms with Gasteiger partial charge in [-0.15, -0.1) is 0 Å². The molecule has 32 heavy (non-hydrogen) atoms. The van der Waals surface area contributed by atoms with Gasteiger partial charge < -0.3 is 10.4 Å². The number of aliphatic hydroxyl groups is 1. The molecule has 0 aromatic heterocycles. The minimum atomic E-state index is -1.47. The summed E-state index contributed by atoms with van der Waals surface area (Å²) in [4.78, 5) is 26.1. The molecule has 1 aliphatic heterocycles. The van der Waals surface area contributed by atoms with Gasteiger partial charge in [0, 0.05) is 43.7 Å². The Hall–Kier alpha value is -2.77. The zero-order valence-corrected chi connectivity index (χ0v) is 18.0. The summed E-state index contributed by atoms with van der Waals surface area (Å²) in [7, 11) is 0. The molecule has 168 valence electrons. The summed E-state index contributed by atoms with van der Waals surface area (Å²) < 4.78 is 0. The number of carbonyl (C=O) groups is 1. The molecule has 2 aromatic rings. The zero-order chi connectivity index (χ0) is 22.3. The molecular weight excluding hydrogens is 406 g/mol. The van der Waals surface area contributed by atoms with Gasteiger partial charge in [-0.1, -0.05) is 55.3 Å². The average Bonchev–Trinajstić information content (AvgIpc) is 3.22. The molecule has 3 aliphatic rings. The highest BCUT2D eigenvalue weighted by atomic mass is 16.6. The summed E-state index contributed by atoms with van der Waals surface area (Å²) >= 11 is 0. The highest BCUT2D eigenvalue weighted by Crippen LogP contribution is 2.47. The molecule has 0 radical (unpaired) electrons. The first-order valence-corrected chi connectivity index (χ1v) is 11.5. The molecule has 3 fully saturated rings. The van der Waals surface area contributed by atoms with Crippen LogP contribution in [-0.2, 0) is 16.9 Å². The second kappa shape index (κ2) is 8.30. The fourth-order valence-corrected chi connectivity index (χ4v) is 5.79. The minimum Gasteiger partial charge on any atom is -0.375 e.